The number of amides is 4. The number of hydrogen-bond donors (Lipinski definition) is 0. The third kappa shape index (κ3) is 11.2. The van der Waals surface area contributed by atoms with Crippen molar-refractivity contribution in [1.82, 2.24) is 37.5 Å². The SMILES string of the molecule is CC(C)c1cccc(C(C)C)c1N1C(=O)c2c(Br)c(Br)c3c4c(c(Br)c(Br)c(c24)C1=O)C(=O)N(c1c(C(C)C)cccc1C(C)C)C3=O.O=c1c2c(Br)cc3c(=O)n4c5cccc6cccc(nc4c4c(Br)cc(c2c34)c2nc3cccc4cccc(c43)n12)c65.O=c1c2cc(Br)c3c(=O)n4c5cccc6cccc(nc4c4c(Br)cc(c2c34)c2nc3cccc4cccc(c43)n12)c65. The van der Waals surface area contributed by atoms with Gasteiger partial charge in [0.25, 0.3) is 45.9 Å². The number of anilines is 2. The molecule has 0 atom stereocenters. The van der Waals surface area contributed by atoms with Crippen LogP contribution in [-0.2, 0) is 0 Å². The molecule has 0 saturated heterocycles. The van der Waals surface area contributed by atoms with E-state index in [1.807, 2.05) is 250 Å². The molecule has 0 spiro atoms. The summed E-state index contributed by atoms with van der Waals surface area (Å²) in [6.45, 7) is 16.3. The maximum atomic E-state index is 14.8. The second-order valence-electron chi connectivity index (χ2n) is 35.1. The Labute approximate surface area is 813 Å². The second kappa shape index (κ2) is 29.8. The van der Waals surface area contributed by atoms with Crippen molar-refractivity contribution in [2.24, 2.45) is 0 Å². The molecule has 132 heavy (non-hydrogen) atoms. The van der Waals surface area contributed by atoms with Crippen LogP contribution < -0.4 is 32.0 Å². The molecule has 0 fully saturated rings. The van der Waals surface area contributed by atoms with Gasteiger partial charge in [0, 0.05) is 111 Å². The molecule has 0 unspecified atom stereocenters. The summed E-state index contributed by atoms with van der Waals surface area (Å²) in [5.74, 6) is -2.04. The summed E-state index contributed by atoms with van der Waals surface area (Å²) in [6, 6.07) is 67.1. The first-order valence-electron chi connectivity index (χ1n) is 42.7. The van der Waals surface area contributed by atoms with E-state index in [0.717, 1.165) is 140 Å². The molecule has 0 radical (unpaired) electrons. The largest absolute Gasteiger partial charge is 0.268 e. The molecule has 10 heterocycles. The zero-order valence-electron chi connectivity index (χ0n) is 70.7. The predicted molar refractivity (Wildman–Crippen MR) is 560 cm³/mol. The highest BCUT2D eigenvalue weighted by atomic mass is 79.9. The number of carbonyl (C=O) groups is 4. The number of para-hydroxylation sites is 2. The minimum atomic E-state index is -0.531. The van der Waals surface area contributed by atoms with Crippen LogP contribution in [0.3, 0.4) is 0 Å². The van der Waals surface area contributed by atoms with Gasteiger partial charge in [-0.05, 0) is 268 Å². The Hall–Kier alpha value is -12.0. The zero-order valence-corrected chi connectivity index (χ0v) is 83.4. The highest BCUT2D eigenvalue weighted by Gasteiger charge is 2.48. The van der Waals surface area contributed by atoms with Gasteiger partial charge in [-0.3, -0.25) is 56.0 Å². The summed E-state index contributed by atoms with van der Waals surface area (Å²) in [7, 11) is 0. The first-order valence-corrected chi connectivity index (χ1v) is 49.1. The number of fused-ring (bicyclic) bond motifs is 12. The van der Waals surface area contributed by atoms with Gasteiger partial charge in [-0.25, -0.2) is 29.7 Å². The number of halogens is 8. The Morgan fingerprint density at radius 2 is 0.477 bits per heavy atom. The van der Waals surface area contributed by atoms with Crippen molar-refractivity contribution < 1.29 is 19.2 Å². The van der Waals surface area contributed by atoms with E-state index < -0.39 is 23.6 Å². The first kappa shape index (κ1) is 83.1. The fourth-order valence-corrected chi connectivity index (χ4v) is 25.8. The van der Waals surface area contributed by atoms with Crippen LogP contribution in [0.25, 0.3) is 185 Å². The number of rotatable bonds is 6. The van der Waals surface area contributed by atoms with Crippen molar-refractivity contribution in [3.63, 3.8) is 0 Å². The van der Waals surface area contributed by atoms with Crippen molar-refractivity contribution >= 4 is 348 Å². The number of hydrogen-bond acceptors (Lipinski definition) is 12. The lowest BCUT2D eigenvalue weighted by Gasteiger charge is -2.37. The van der Waals surface area contributed by atoms with Gasteiger partial charge in [-0.2, -0.15) is 0 Å². The Morgan fingerprint density at radius 1 is 0.235 bits per heavy atom. The maximum Gasteiger partial charge on any atom is 0.267 e. The van der Waals surface area contributed by atoms with Crippen molar-refractivity contribution in [3.8, 4) is 0 Å². The Kier molecular flexibility index (Phi) is 18.7. The van der Waals surface area contributed by atoms with E-state index in [2.05, 4.69) is 127 Å². The minimum Gasteiger partial charge on any atom is -0.268 e. The lowest BCUT2D eigenvalue weighted by molar-refractivity contribution is 0.0870. The summed E-state index contributed by atoms with van der Waals surface area (Å²) in [5, 5.41) is 16.4. The van der Waals surface area contributed by atoms with E-state index in [1.54, 1.807) is 29.7 Å². The molecule has 8 aromatic heterocycles. The van der Waals surface area contributed by atoms with Gasteiger partial charge < -0.3 is 0 Å². The lowest BCUT2D eigenvalue weighted by Crippen LogP contribution is -2.45. The molecule has 0 saturated carbocycles. The van der Waals surface area contributed by atoms with Gasteiger partial charge >= 0.3 is 0 Å². The number of imide groups is 2. The fraction of sp³-hybridized carbons (Fsp3) is 0.113. The number of carbonyl (C=O) groups excluding carboxylic acids is 4. The molecule has 16 aromatic carbocycles. The molecule has 26 heteroatoms. The van der Waals surface area contributed by atoms with Crippen molar-refractivity contribution in [3.05, 3.63) is 328 Å². The van der Waals surface area contributed by atoms with Crippen LogP contribution in [0.1, 0.15) is 143 Å². The molecule has 18 nitrogen and oxygen atoms in total. The smallest absolute Gasteiger partial charge is 0.267 e. The summed E-state index contributed by atoms with van der Waals surface area (Å²) < 4.78 is 10.9. The quantitative estimate of drug-likeness (QED) is 0.0864. The van der Waals surface area contributed by atoms with E-state index in [-0.39, 0.29) is 78.9 Å². The van der Waals surface area contributed by atoms with Gasteiger partial charge in [0.15, 0.2) is 0 Å². The number of benzene rings is 16. The van der Waals surface area contributed by atoms with Crippen molar-refractivity contribution in [2.45, 2.75) is 79.1 Å². The van der Waals surface area contributed by atoms with Crippen LogP contribution in [0, 0.1) is 0 Å². The molecule has 0 N–H and O–H groups in total. The highest BCUT2D eigenvalue weighted by Crippen LogP contribution is 2.55. The van der Waals surface area contributed by atoms with Crippen LogP contribution in [0.4, 0.5) is 11.4 Å². The van der Waals surface area contributed by atoms with Crippen LogP contribution in [0.5, 0.6) is 0 Å². The third-order valence-electron chi connectivity index (χ3n) is 26.7. The van der Waals surface area contributed by atoms with E-state index >= 15 is 0 Å². The van der Waals surface area contributed by atoms with Gasteiger partial charge in [-0.15, -0.1) is 0 Å². The summed E-state index contributed by atoms with van der Waals surface area (Å²) >= 11 is 29.8. The Morgan fingerprint density at radius 3 is 0.811 bits per heavy atom. The molecule has 0 bridgehead atoms. The number of aromatic nitrogens is 8. The molecule has 0 aliphatic carbocycles. The average molecular weight is 2240 g/mol. The van der Waals surface area contributed by atoms with E-state index in [0.29, 0.717) is 104 Å². The van der Waals surface area contributed by atoms with Crippen molar-refractivity contribution in [1.29, 1.82) is 0 Å². The zero-order chi connectivity index (χ0) is 91.3. The predicted octanol–water partition coefficient (Wildman–Crippen LogP) is 28.3. The van der Waals surface area contributed by atoms with Crippen LogP contribution in [0.2, 0.25) is 0 Å². The standard InChI is InChI=1S/C38H34Br4N2O4.2C34H14Br2N4O2/c1-15(2)19-11-9-12-20(16(3)4)33(19)43-35(45)25-23-24-27(31(41)29(25)39)37(47)44(34-21(17(5)6)13-10-14-22(34)18(7)8)38(48)28(24)32(42)30(40)26(23)36(43)46;35-19-13-17-27-28-18(33(41)40-24-12-4-8-16-6-2-10-22(26(16)24)38-32(40)29(19)28)14-20(36)30(27)34(42)39-23-11-3-7-15-5-1-9-21(25(15)23)37-31(17)39;35-19-13-17-27-18(33(41)39-23-11-3-7-15-5-1-9-21(25(15)23)37-31(17)39)14-20(36)29-30(27)28(19)32-38-22-10-2-6-16-8-4-12-24(26(16)22)40(32)34(29)42/h9-18H,1-8H3;2*1-14H. The van der Waals surface area contributed by atoms with E-state index in [4.69, 9.17) is 19.9 Å². The van der Waals surface area contributed by atoms with Crippen LogP contribution >= 0.6 is 127 Å². The van der Waals surface area contributed by atoms with Gasteiger partial charge in [-0.1, -0.05) is 189 Å². The van der Waals surface area contributed by atoms with E-state index in [9.17, 15) is 38.4 Å². The molecule has 4 amide bonds. The molecule has 2 aliphatic rings. The molecule has 26 rings (SSSR count). The summed E-state index contributed by atoms with van der Waals surface area (Å²) in [6.07, 6.45) is 0. The Bertz CT molecular complexity index is 9500. The molecular weight excluding hydrogens is 2180 g/mol. The van der Waals surface area contributed by atoms with Crippen LogP contribution in [0.15, 0.2) is 261 Å². The van der Waals surface area contributed by atoms with Crippen LogP contribution in [-0.4, -0.2) is 61.2 Å². The fourth-order valence-electron chi connectivity index (χ4n) is 21.1. The monoisotopic (exact) mass is 2230 g/mol. The number of nitrogens with zero attached hydrogens (tertiary/aromatic N) is 10. The maximum absolute atomic E-state index is 14.8. The molecule has 2 aliphatic heterocycles. The third-order valence-corrected chi connectivity index (χ3v) is 33.5. The summed E-state index contributed by atoms with van der Waals surface area (Å²) in [4.78, 5) is 140. The minimum absolute atomic E-state index is 0.0205. The topological polar surface area (TPSA) is 212 Å². The van der Waals surface area contributed by atoms with Gasteiger partial charge in [0.1, 0.15) is 22.6 Å². The lowest BCUT2D eigenvalue weighted by atomic mass is 9.83. The first-order chi connectivity index (χ1) is 63.6. The van der Waals surface area contributed by atoms with E-state index in [1.165, 1.54) is 9.80 Å². The van der Waals surface area contributed by atoms with Gasteiger partial charge in [0.2, 0.25) is 0 Å². The average Bonchev–Trinajstić information content (AvgIpc) is 0.687. The molecule has 24 aromatic rings. The number of pyridine rings is 4. The van der Waals surface area contributed by atoms with Crippen molar-refractivity contribution in [2.75, 3.05) is 9.80 Å². The molecular formula is C106H62Br8N10O8. The Balaban J connectivity index is 0.000000109. The molecule has 640 valence electrons. The normalized spacial score (nSPS) is 13.4. The summed E-state index contributed by atoms with van der Waals surface area (Å²) in [5.41, 5.74) is 13.3. The van der Waals surface area contributed by atoms with Gasteiger partial charge in [0.05, 0.1) is 99.3 Å². The highest BCUT2D eigenvalue weighted by molar-refractivity contribution is 9.13. The second-order valence-corrected chi connectivity index (χ2v) is 41.7.